The van der Waals surface area contributed by atoms with Gasteiger partial charge in [0.1, 0.15) is 6.04 Å². The van der Waals surface area contributed by atoms with Gasteiger partial charge in [0.2, 0.25) is 0 Å². The predicted molar refractivity (Wildman–Crippen MR) is 42.9 cm³/mol. The van der Waals surface area contributed by atoms with Crippen molar-refractivity contribution in [1.82, 2.24) is 10.4 Å². The van der Waals surface area contributed by atoms with Crippen LogP contribution in [0.5, 0.6) is 0 Å². The number of nitrogens with zero attached hydrogens (tertiary/aromatic N) is 1. The van der Waals surface area contributed by atoms with E-state index in [4.69, 9.17) is 5.11 Å². The molecule has 64 valence electrons. The van der Waals surface area contributed by atoms with E-state index in [1.54, 1.807) is 5.01 Å². The molecule has 0 bridgehead atoms. The first-order valence-electron chi connectivity index (χ1n) is 3.91. The standard InChI is InChI=1S/C8H10N2O2/c11-8(12)7-5-6-3-1-2-4-10(6)9-7/h2-4,7,9H,1,5H2,(H,11,12). The van der Waals surface area contributed by atoms with Crippen LogP contribution in [-0.2, 0) is 4.79 Å². The molecule has 1 atom stereocenters. The summed E-state index contributed by atoms with van der Waals surface area (Å²) in [5.41, 5.74) is 3.93. The molecule has 2 aliphatic rings. The Morgan fingerprint density at radius 3 is 3.25 bits per heavy atom. The van der Waals surface area contributed by atoms with Crippen molar-refractivity contribution in [2.45, 2.75) is 18.9 Å². The zero-order chi connectivity index (χ0) is 8.55. The molecule has 0 radical (unpaired) electrons. The van der Waals surface area contributed by atoms with Crippen molar-refractivity contribution >= 4 is 5.97 Å². The van der Waals surface area contributed by atoms with Crippen LogP contribution in [0.4, 0.5) is 0 Å². The summed E-state index contributed by atoms with van der Waals surface area (Å²) in [5.74, 6) is -0.793. The fourth-order valence-corrected chi connectivity index (χ4v) is 1.44. The molecule has 4 nitrogen and oxygen atoms in total. The SMILES string of the molecule is O=C(O)C1CC2=CCC=CN2N1. The maximum atomic E-state index is 10.6. The van der Waals surface area contributed by atoms with E-state index in [1.165, 1.54) is 0 Å². The van der Waals surface area contributed by atoms with E-state index in [2.05, 4.69) is 5.43 Å². The van der Waals surface area contributed by atoms with Crippen molar-refractivity contribution in [1.29, 1.82) is 0 Å². The van der Waals surface area contributed by atoms with E-state index in [0.717, 1.165) is 12.1 Å². The number of carbonyl (C=O) groups is 1. The average Bonchev–Trinajstić information content (AvgIpc) is 2.46. The van der Waals surface area contributed by atoms with Gasteiger partial charge in [-0.3, -0.25) is 9.80 Å². The normalized spacial score (nSPS) is 26.8. The second-order valence-electron chi connectivity index (χ2n) is 2.91. The van der Waals surface area contributed by atoms with Gasteiger partial charge in [0.15, 0.2) is 0 Å². The van der Waals surface area contributed by atoms with Crippen molar-refractivity contribution in [3.63, 3.8) is 0 Å². The van der Waals surface area contributed by atoms with Crippen LogP contribution in [0.15, 0.2) is 24.0 Å². The van der Waals surface area contributed by atoms with E-state index in [9.17, 15) is 4.79 Å². The van der Waals surface area contributed by atoms with Crippen molar-refractivity contribution in [3.05, 3.63) is 24.0 Å². The lowest BCUT2D eigenvalue weighted by Crippen LogP contribution is -2.36. The molecule has 0 aromatic carbocycles. The van der Waals surface area contributed by atoms with Crippen LogP contribution in [0.2, 0.25) is 0 Å². The zero-order valence-electron chi connectivity index (χ0n) is 6.53. The van der Waals surface area contributed by atoms with Crippen LogP contribution in [0.25, 0.3) is 0 Å². The molecule has 0 aliphatic carbocycles. The van der Waals surface area contributed by atoms with Crippen molar-refractivity contribution in [2.75, 3.05) is 0 Å². The molecule has 12 heavy (non-hydrogen) atoms. The highest BCUT2D eigenvalue weighted by molar-refractivity contribution is 5.74. The smallest absolute Gasteiger partial charge is 0.322 e. The summed E-state index contributed by atoms with van der Waals surface area (Å²) < 4.78 is 0. The third-order valence-corrected chi connectivity index (χ3v) is 2.06. The Kier molecular flexibility index (Phi) is 1.62. The highest BCUT2D eigenvalue weighted by atomic mass is 16.4. The van der Waals surface area contributed by atoms with Crippen LogP contribution in [0.3, 0.4) is 0 Å². The first kappa shape index (κ1) is 7.36. The summed E-state index contributed by atoms with van der Waals surface area (Å²) in [4.78, 5) is 10.6. The lowest BCUT2D eigenvalue weighted by molar-refractivity contribution is -0.139. The summed E-state index contributed by atoms with van der Waals surface area (Å²) in [6.07, 6.45) is 7.38. The van der Waals surface area contributed by atoms with Gasteiger partial charge >= 0.3 is 5.97 Å². The van der Waals surface area contributed by atoms with Gasteiger partial charge < -0.3 is 5.11 Å². The Hall–Kier alpha value is -1.29. The van der Waals surface area contributed by atoms with Crippen LogP contribution < -0.4 is 5.43 Å². The Balaban J connectivity index is 2.13. The lowest BCUT2D eigenvalue weighted by atomic mass is 10.1. The van der Waals surface area contributed by atoms with E-state index in [1.807, 2.05) is 18.4 Å². The molecule has 0 spiro atoms. The highest BCUT2D eigenvalue weighted by Crippen LogP contribution is 2.22. The first-order valence-corrected chi connectivity index (χ1v) is 3.91. The fourth-order valence-electron chi connectivity index (χ4n) is 1.44. The molecule has 0 amide bonds. The number of carboxylic acid groups (broad SMARTS) is 1. The molecule has 2 aliphatic heterocycles. The van der Waals surface area contributed by atoms with Crippen LogP contribution in [0, 0.1) is 0 Å². The number of hydrazine groups is 1. The maximum Gasteiger partial charge on any atom is 0.322 e. The van der Waals surface area contributed by atoms with E-state index >= 15 is 0 Å². The molecular formula is C8H10N2O2. The van der Waals surface area contributed by atoms with Crippen LogP contribution >= 0.6 is 0 Å². The largest absolute Gasteiger partial charge is 0.480 e. The summed E-state index contributed by atoms with van der Waals surface area (Å²) in [6.45, 7) is 0. The molecule has 1 saturated heterocycles. The third kappa shape index (κ3) is 1.10. The monoisotopic (exact) mass is 166 g/mol. The van der Waals surface area contributed by atoms with Gasteiger partial charge in [-0.15, -0.1) is 0 Å². The third-order valence-electron chi connectivity index (χ3n) is 2.06. The number of allylic oxidation sites excluding steroid dienone is 2. The van der Waals surface area contributed by atoms with Gasteiger partial charge in [-0.25, -0.2) is 5.43 Å². The quantitative estimate of drug-likeness (QED) is 0.594. The molecule has 2 rings (SSSR count). The second kappa shape index (κ2) is 2.64. The van der Waals surface area contributed by atoms with Gasteiger partial charge in [-0.05, 0) is 6.42 Å². The fraction of sp³-hybridized carbons (Fsp3) is 0.375. The Bertz CT molecular complexity index is 270. The topological polar surface area (TPSA) is 52.6 Å². The van der Waals surface area contributed by atoms with Gasteiger partial charge in [-0.2, -0.15) is 0 Å². The number of nitrogens with one attached hydrogen (secondary N) is 1. The number of fused-ring (bicyclic) bond motifs is 1. The minimum absolute atomic E-state index is 0.459. The van der Waals surface area contributed by atoms with Gasteiger partial charge in [0.05, 0.1) is 0 Å². The number of aliphatic carboxylic acids is 1. The van der Waals surface area contributed by atoms with E-state index in [-0.39, 0.29) is 0 Å². The summed E-state index contributed by atoms with van der Waals surface area (Å²) in [6, 6.07) is -0.459. The summed E-state index contributed by atoms with van der Waals surface area (Å²) in [5, 5.41) is 10.5. The van der Waals surface area contributed by atoms with Crippen molar-refractivity contribution < 1.29 is 9.90 Å². The number of carboxylic acids is 1. The molecule has 1 fully saturated rings. The molecular weight excluding hydrogens is 156 g/mol. The minimum atomic E-state index is -0.793. The molecule has 0 aromatic rings. The Labute approximate surface area is 70.1 Å². The minimum Gasteiger partial charge on any atom is -0.480 e. The molecule has 2 heterocycles. The Morgan fingerprint density at radius 1 is 1.75 bits per heavy atom. The van der Waals surface area contributed by atoms with Crippen molar-refractivity contribution in [3.8, 4) is 0 Å². The lowest BCUT2D eigenvalue weighted by Gasteiger charge is -2.17. The maximum absolute atomic E-state index is 10.6. The van der Waals surface area contributed by atoms with Crippen LogP contribution in [0.1, 0.15) is 12.8 Å². The molecule has 4 heteroatoms. The predicted octanol–water partition coefficient (Wildman–Crippen LogP) is 0.451. The van der Waals surface area contributed by atoms with E-state index < -0.39 is 12.0 Å². The Morgan fingerprint density at radius 2 is 2.58 bits per heavy atom. The number of hydrogen-bond donors (Lipinski definition) is 2. The summed E-state index contributed by atoms with van der Waals surface area (Å²) in [7, 11) is 0. The van der Waals surface area contributed by atoms with Gasteiger partial charge in [0, 0.05) is 18.3 Å². The highest BCUT2D eigenvalue weighted by Gasteiger charge is 2.30. The van der Waals surface area contributed by atoms with Crippen molar-refractivity contribution in [2.24, 2.45) is 0 Å². The first-order chi connectivity index (χ1) is 5.77. The van der Waals surface area contributed by atoms with Crippen LogP contribution in [-0.4, -0.2) is 22.1 Å². The van der Waals surface area contributed by atoms with E-state index in [0.29, 0.717) is 6.42 Å². The number of hydrogen-bond acceptors (Lipinski definition) is 3. The second-order valence-corrected chi connectivity index (χ2v) is 2.91. The zero-order valence-corrected chi connectivity index (χ0v) is 6.53. The summed E-state index contributed by atoms with van der Waals surface area (Å²) >= 11 is 0. The van der Waals surface area contributed by atoms with Gasteiger partial charge in [0.25, 0.3) is 0 Å². The average molecular weight is 166 g/mol. The number of rotatable bonds is 1. The van der Waals surface area contributed by atoms with Gasteiger partial charge in [-0.1, -0.05) is 12.2 Å². The molecule has 1 unspecified atom stereocenters. The molecule has 2 N–H and O–H groups in total. The molecule has 0 saturated carbocycles. The molecule has 0 aromatic heterocycles.